The zero-order chi connectivity index (χ0) is 13.0. The summed E-state index contributed by atoms with van der Waals surface area (Å²) in [5.41, 5.74) is 1.56. The molecule has 18 heavy (non-hydrogen) atoms. The van der Waals surface area contributed by atoms with E-state index < -0.39 is 11.6 Å². The Hall–Kier alpha value is -1.90. The molecule has 94 valence electrons. The molecule has 0 fully saturated rings. The smallest absolute Gasteiger partial charge is 0.128 e. The predicted molar refractivity (Wildman–Crippen MR) is 69.5 cm³/mol. The monoisotopic (exact) mass is 247 g/mol. The van der Waals surface area contributed by atoms with Gasteiger partial charge in [0.25, 0.3) is 0 Å². The molecule has 0 amide bonds. The molecule has 1 unspecified atom stereocenters. The van der Waals surface area contributed by atoms with Gasteiger partial charge in [0.05, 0.1) is 6.04 Å². The third-order valence-corrected chi connectivity index (χ3v) is 2.81. The van der Waals surface area contributed by atoms with Gasteiger partial charge in [-0.3, -0.25) is 0 Å². The normalized spacial score (nSPS) is 12.2. The zero-order valence-electron chi connectivity index (χ0n) is 10.2. The third kappa shape index (κ3) is 3.06. The Bertz CT molecular complexity index is 491. The van der Waals surface area contributed by atoms with Crippen LogP contribution in [0.25, 0.3) is 0 Å². The number of benzene rings is 2. The second-order valence-electron chi connectivity index (χ2n) is 4.17. The minimum Gasteiger partial charge on any atom is -0.378 e. The van der Waals surface area contributed by atoms with Crippen molar-refractivity contribution in [3.8, 4) is 0 Å². The van der Waals surface area contributed by atoms with Crippen LogP contribution >= 0.6 is 0 Å². The van der Waals surface area contributed by atoms with E-state index in [0.29, 0.717) is 5.69 Å². The topological polar surface area (TPSA) is 12.0 Å². The summed E-state index contributed by atoms with van der Waals surface area (Å²) in [5, 5.41) is 3.15. The van der Waals surface area contributed by atoms with Crippen molar-refractivity contribution in [1.29, 1.82) is 0 Å². The molecule has 0 spiro atoms. The Labute approximate surface area is 105 Å². The lowest BCUT2D eigenvalue weighted by Gasteiger charge is -2.18. The Morgan fingerprint density at radius 1 is 1.00 bits per heavy atom. The lowest BCUT2D eigenvalue weighted by atomic mass is 10.0. The van der Waals surface area contributed by atoms with E-state index in [1.165, 1.54) is 12.1 Å². The van der Waals surface area contributed by atoms with Crippen molar-refractivity contribution in [3.63, 3.8) is 0 Å². The average Bonchev–Trinajstić information content (AvgIpc) is 2.36. The quantitative estimate of drug-likeness (QED) is 0.837. The minimum absolute atomic E-state index is 0.0485. The first-order valence-corrected chi connectivity index (χ1v) is 5.96. The van der Waals surface area contributed by atoms with Crippen LogP contribution in [-0.4, -0.2) is 0 Å². The molecule has 0 radical (unpaired) electrons. The first kappa shape index (κ1) is 12.6. The van der Waals surface area contributed by atoms with E-state index in [0.717, 1.165) is 18.1 Å². The van der Waals surface area contributed by atoms with Crippen LogP contribution in [0.1, 0.15) is 24.9 Å². The molecule has 1 atom stereocenters. The van der Waals surface area contributed by atoms with Crippen molar-refractivity contribution in [1.82, 2.24) is 0 Å². The minimum atomic E-state index is -0.569. The van der Waals surface area contributed by atoms with Gasteiger partial charge in [0.1, 0.15) is 11.6 Å². The molecule has 0 aliphatic heterocycles. The fraction of sp³-hybridized carbons (Fsp3) is 0.200. The summed E-state index contributed by atoms with van der Waals surface area (Å²) in [5.74, 6) is -1.14. The lowest BCUT2D eigenvalue weighted by Crippen LogP contribution is -2.09. The van der Waals surface area contributed by atoms with E-state index in [-0.39, 0.29) is 6.04 Å². The molecule has 1 N–H and O–H groups in total. The van der Waals surface area contributed by atoms with Crippen molar-refractivity contribution < 1.29 is 8.78 Å². The highest BCUT2D eigenvalue weighted by molar-refractivity contribution is 5.46. The molecule has 0 aliphatic carbocycles. The van der Waals surface area contributed by atoms with E-state index >= 15 is 0 Å². The number of nitrogens with one attached hydrogen (secondary N) is 1. The fourth-order valence-corrected chi connectivity index (χ4v) is 1.94. The van der Waals surface area contributed by atoms with Gasteiger partial charge in [0, 0.05) is 11.8 Å². The van der Waals surface area contributed by atoms with Crippen LogP contribution in [0.2, 0.25) is 0 Å². The molecule has 2 aromatic rings. The molecule has 3 heteroatoms. The van der Waals surface area contributed by atoms with Crippen LogP contribution in [0.15, 0.2) is 48.5 Å². The van der Waals surface area contributed by atoms with E-state index in [1.54, 1.807) is 0 Å². The second kappa shape index (κ2) is 5.63. The summed E-state index contributed by atoms with van der Waals surface area (Å²) in [6, 6.07) is 13.4. The maximum atomic E-state index is 13.1. The largest absolute Gasteiger partial charge is 0.378 e. The molecule has 0 aromatic heterocycles. The molecular formula is C15H15F2N. The van der Waals surface area contributed by atoms with Gasteiger partial charge in [0.15, 0.2) is 0 Å². The Balaban J connectivity index is 2.20. The maximum Gasteiger partial charge on any atom is 0.128 e. The van der Waals surface area contributed by atoms with Gasteiger partial charge in [-0.05, 0) is 24.1 Å². The zero-order valence-corrected chi connectivity index (χ0v) is 10.2. The van der Waals surface area contributed by atoms with E-state index in [2.05, 4.69) is 5.32 Å². The summed E-state index contributed by atoms with van der Waals surface area (Å²) >= 11 is 0. The fourth-order valence-electron chi connectivity index (χ4n) is 1.94. The van der Waals surface area contributed by atoms with Gasteiger partial charge in [0.2, 0.25) is 0 Å². The van der Waals surface area contributed by atoms with Crippen LogP contribution in [-0.2, 0) is 0 Å². The highest BCUT2D eigenvalue weighted by atomic mass is 19.1. The van der Waals surface area contributed by atoms with Crippen molar-refractivity contribution in [3.05, 3.63) is 65.7 Å². The molecule has 2 aromatic carbocycles. The van der Waals surface area contributed by atoms with Crippen molar-refractivity contribution in [2.45, 2.75) is 19.4 Å². The van der Waals surface area contributed by atoms with E-state index in [9.17, 15) is 8.78 Å². The summed E-state index contributed by atoms with van der Waals surface area (Å²) in [6.07, 6.45) is 0.835. The number of rotatable bonds is 4. The van der Waals surface area contributed by atoms with Crippen molar-refractivity contribution >= 4 is 5.69 Å². The van der Waals surface area contributed by atoms with Crippen molar-refractivity contribution in [2.24, 2.45) is 0 Å². The predicted octanol–water partition coefficient (Wildman–Crippen LogP) is 4.53. The van der Waals surface area contributed by atoms with Crippen LogP contribution in [0.3, 0.4) is 0 Å². The Morgan fingerprint density at radius 3 is 2.17 bits per heavy atom. The summed E-state index contributed by atoms with van der Waals surface area (Å²) in [7, 11) is 0. The summed E-state index contributed by atoms with van der Waals surface area (Å²) < 4.78 is 26.2. The molecule has 0 saturated carbocycles. The molecule has 2 rings (SSSR count). The maximum absolute atomic E-state index is 13.1. The van der Waals surface area contributed by atoms with Crippen LogP contribution in [0.4, 0.5) is 14.5 Å². The van der Waals surface area contributed by atoms with Gasteiger partial charge in [-0.2, -0.15) is 0 Å². The second-order valence-corrected chi connectivity index (χ2v) is 4.17. The van der Waals surface area contributed by atoms with E-state index in [4.69, 9.17) is 0 Å². The number of hydrogen-bond donors (Lipinski definition) is 1. The summed E-state index contributed by atoms with van der Waals surface area (Å²) in [6.45, 7) is 2.03. The standard InChI is InChI=1S/C15H15F2N/c1-2-15(11-6-4-3-5-7-11)18-14-9-12(16)8-13(17)10-14/h3-10,15,18H,2H2,1H3. The molecule has 0 saturated heterocycles. The van der Waals surface area contributed by atoms with Gasteiger partial charge >= 0.3 is 0 Å². The van der Waals surface area contributed by atoms with Crippen molar-refractivity contribution in [2.75, 3.05) is 5.32 Å². The number of anilines is 1. The molecule has 0 aliphatic rings. The van der Waals surface area contributed by atoms with Gasteiger partial charge in [-0.1, -0.05) is 37.3 Å². The third-order valence-electron chi connectivity index (χ3n) is 2.81. The Morgan fingerprint density at radius 2 is 1.61 bits per heavy atom. The van der Waals surface area contributed by atoms with Crippen LogP contribution in [0.5, 0.6) is 0 Å². The molecular weight excluding hydrogens is 232 g/mol. The molecule has 1 nitrogen and oxygen atoms in total. The Kier molecular flexibility index (Phi) is 3.92. The SMILES string of the molecule is CCC(Nc1cc(F)cc(F)c1)c1ccccc1. The first-order chi connectivity index (χ1) is 8.69. The van der Waals surface area contributed by atoms with Crippen LogP contribution in [0, 0.1) is 11.6 Å². The first-order valence-electron chi connectivity index (χ1n) is 5.96. The summed E-state index contributed by atoms with van der Waals surface area (Å²) in [4.78, 5) is 0. The van der Waals surface area contributed by atoms with E-state index in [1.807, 2.05) is 37.3 Å². The number of hydrogen-bond acceptors (Lipinski definition) is 1. The van der Waals surface area contributed by atoms with Gasteiger partial charge < -0.3 is 5.32 Å². The lowest BCUT2D eigenvalue weighted by molar-refractivity contribution is 0.583. The number of halogens is 2. The van der Waals surface area contributed by atoms with Crippen LogP contribution < -0.4 is 5.32 Å². The molecule has 0 heterocycles. The highest BCUT2D eigenvalue weighted by Gasteiger charge is 2.09. The average molecular weight is 247 g/mol. The van der Waals surface area contributed by atoms with Gasteiger partial charge in [-0.25, -0.2) is 8.78 Å². The molecule has 0 bridgehead atoms. The highest BCUT2D eigenvalue weighted by Crippen LogP contribution is 2.23. The van der Waals surface area contributed by atoms with Gasteiger partial charge in [-0.15, -0.1) is 0 Å².